The Bertz CT molecular complexity index is 227. The molecule has 0 spiro atoms. The summed E-state index contributed by atoms with van der Waals surface area (Å²) >= 11 is 0. The molecular weight excluding hydrogens is 188 g/mol. The Morgan fingerprint density at radius 3 is 2.36 bits per heavy atom. The van der Waals surface area contributed by atoms with Crippen LogP contribution in [0.2, 0.25) is 0 Å². The average Bonchev–Trinajstić information content (AvgIpc) is 1.96. The van der Waals surface area contributed by atoms with Crippen molar-refractivity contribution in [2.75, 3.05) is 6.61 Å². The van der Waals surface area contributed by atoms with E-state index in [1.807, 2.05) is 0 Å². The number of nitrogens with one attached hydrogen (secondary N) is 1. The fourth-order valence-corrected chi connectivity index (χ4v) is 1.27. The summed E-state index contributed by atoms with van der Waals surface area (Å²) in [5.74, 6) is -2.24. The van der Waals surface area contributed by atoms with Gasteiger partial charge in [0, 0.05) is 13.5 Å². The van der Waals surface area contributed by atoms with Crippen LogP contribution < -0.4 is 11.1 Å². The maximum absolute atomic E-state index is 10.9. The van der Waals surface area contributed by atoms with Gasteiger partial charge >= 0.3 is 0 Å². The van der Waals surface area contributed by atoms with Crippen LogP contribution >= 0.6 is 0 Å². The molecule has 2 amide bonds. The fourth-order valence-electron chi connectivity index (χ4n) is 1.27. The van der Waals surface area contributed by atoms with Gasteiger partial charge in [0.05, 0.1) is 5.92 Å². The van der Waals surface area contributed by atoms with Crippen LogP contribution in [-0.2, 0) is 9.59 Å². The van der Waals surface area contributed by atoms with Crippen LogP contribution in [-0.4, -0.2) is 34.4 Å². The molecule has 2 atom stereocenters. The molecule has 0 aromatic heterocycles. The lowest BCUT2D eigenvalue weighted by Gasteiger charge is -2.30. The van der Waals surface area contributed by atoms with Crippen LogP contribution in [0.4, 0.5) is 0 Å². The zero-order valence-electron chi connectivity index (χ0n) is 8.28. The largest absolute Gasteiger partial charge is 0.396 e. The minimum atomic E-state index is -1.72. The summed E-state index contributed by atoms with van der Waals surface area (Å²) in [6.07, 6.45) is 0.00259. The molecule has 0 fully saturated rings. The number of nitrogens with two attached hydrogens (primary N) is 1. The van der Waals surface area contributed by atoms with E-state index < -0.39 is 23.5 Å². The number of hydrogen-bond donors (Lipinski definition) is 4. The first kappa shape index (κ1) is 12.9. The number of aliphatic hydroxyl groups is 2. The first-order chi connectivity index (χ1) is 6.31. The van der Waals surface area contributed by atoms with Gasteiger partial charge in [-0.2, -0.15) is 0 Å². The molecule has 0 saturated heterocycles. The van der Waals surface area contributed by atoms with Crippen LogP contribution in [0.25, 0.3) is 0 Å². The minimum absolute atomic E-state index is 0.00259. The van der Waals surface area contributed by atoms with Crippen LogP contribution in [0.15, 0.2) is 0 Å². The predicted molar refractivity (Wildman–Crippen MR) is 48.8 cm³/mol. The molecular formula is C8H16N2O4. The molecule has 82 valence electrons. The summed E-state index contributed by atoms with van der Waals surface area (Å²) in [5, 5.41) is 20.5. The maximum atomic E-state index is 10.9. The lowest BCUT2D eigenvalue weighted by atomic mass is 9.93. The molecule has 0 aliphatic carbocycles. The fraction of sp³-hybridized carbons (Fsp3) is 0.750. The molecule has 0 rings (SSSR count). The first-order valence-corrected chi connectivity index (χ1v) is 4.22. The van der Waals surface area contributed by atoms with Gasteiger partial charge in [0.2, 0.25) is 11.8 Å². The third-order valence-corrected chi connectivity index (χ3v) is 1.87. The van der Waals surface area contributed by atoms with Crippen LogP contribution in [0.3, 0.4) is 0 Å². The molecule has 5 N–H and O–H groups in total. The zero-order chi connectivity index (χ0) is 11.4. The van der Waals surface area contributed by atoms with E-state index >= 15 is 0 Å². The molecule has 0 aliphatic rings. The maximum Gasteiger partial charge on any atom is 0.225 e. The summed E-state index contributed by atoms with van der Waals surface area (Å²) in [5.41, 5.74) is 3.30. The van der Waals surface area contributed by atoms with Crippen molar-refractivity contribution in [1.82, 2.24) is 5.32 Å². The van der Waals surface area contributed by atoms with E-state index in [9.17, 15) is 14.7 Å². The van der Waals surface area contributed by atoms with Gasteiger partial charge in [-0.05, 0) is 13.3 Å². The summed E-state index contributed by atoms with van der Waals surface area (Å²) in [6, 6.07) is 0. The van der Waals surface area contributed by atoms with Crippen LogP contribution in [0.5, 0.6) is 0 Å². The quantitative estimate of drug-likeness (QED) is 0.400. The molecule has 6 heteroatoms. The lowest BCUT2D eigenvalue weighted by molar-refractivity contribution is -0.140. The molecule has 0 heterocycles. The molecule has 0 bridgehead atoms. The van der Waals surface area contributed by atoms with Crippen molar-refractivity contribution in [1.29, 1.82) is 0 Å². The van der Waals surface area contributed by atoms with Gasteiger partial charge in [-0.3, -0.25) is 9.59 Å². The third-order valence-electron chi connectivity index (χ3n) is 1.87. The summed E-state index contributed by atoms with van der Waals surface area (Å²) in [6.45, 7) is 2.19. The highest BCUT2D eigenvalue weighted by molar-refractivity contribution is 5.80. The summed E-state index contributed by atoms with van der Waals surface area (Å²) < 4.78 is 0. The highest BCUT2D eigenvalue weighted by Gasteiger charge is 2.36. The Morgan fingerprint density at radius 2 is 2.07 bits per heavy atom. The predicted octanol–water partition coefficient (Wildman–Crippen LogP) is -1.69. The molecule has 2 unspecified atom stereocenters. The van der Waals surface area contributed by atoms with Gasteiger partial charge in [-0.1, -0.05) is 0 Å². The number of primary amides is 1. The number of carbonyl (C=O) groups excluding carboxylic acids is 2. The average molecular weight is 204 g/mol. The molecule has 0 aliphatic heterocycles. The number of amides is 2. The van der Waals surface area contributed by atoms with Crippen molar-refractivity contribution in [2.24, 2.45) is 11.7 Å². The molecule has 14 heavy (non-hydrogen) atoms. The van der Waals surface area contributed by atoms with E-state index in [2.05, 4.69) is 5.32 Å². The van der Waals surface area contributed by atoms with E-state index in [1.54, 1.807) is 0 Å². The van der Waals surface area contributed by atoms with E-state index in [0.717, 1.165) is 0 Å². The number of aliphatic hydroxyl groups excluding tert-OH is 1. The Balaban J connectivity index is 4.61. The Labute approximate surface area is 82.1 Å². The Hall–Kier alpha value is -1.14. The zero-order valence-corrected chi connectivity index (χ0v) is 8.28. The van der Waals surface area contributed by atoms with E-state index in [4.69, 9.17) is 10.8 Å². The molecule has 0 aromatic carbocycles. The van der Waals surface area contributed by atoms with E-state index in [-0.39, 0.29) is 13.0 Å². The van der Waals surface area contributed by atoms with Crippen LogP contribution in [0.1, 0.15) is 20.3 Å². The molecule has 0 aromatic rings. The highest BCUT2D eigenvalue weighted by atomic mass is 16.3. The van der Waals surface area contributed by atoms with Crippen molar-refractivity contribution >= 4 is 11.8 Å². The topological polar surface area (TPSA) is 113 Å². The highest BCUT2D eigenvalue weighted by Crippen LogP contribution is 2.17. The monoisotopic (exact) mass is 204 g/mol. The van der Waals surface area contributed by atoms with Gasteiger partial charge in [-0.25, -0.2) is 0 Å². The van der Waals surface area contributed by atoms with Gasteiger partial charge in [0.1, 0.15) is 5.72 Å². The second-order valence-corrected chi connectivity index (χ2v) is 3.30. The van der Waals surface area contributed by atoms with Gasteiger partial charge in [0.25, 0.3) is 0 Å². The summed E-state index contributed by atoms with van der Waals surface area (Å²) in [4.78, 5) is 21.6. The lowest BCUT2D eigenvalue weighted by Crippen LogP contribution is -2.55. The minimum Gasteiger partial charge on any atom is -0.396 e. The number of carbonyl (C=O) groups is 2. The standard InChI is InChI=1S/C8H16N2O4/c1-5(12)10-8(2,14)6(3-4-11)7(9)13/h6,11,14H,3-4H2,1-2H3,(H2,9,13)(H,10,12). The third kappa shape index (κ3) is 3.71. The van der Waals surface area contributed by atoms with Gasteiger partial charge < -0.3 is 21.3 Å². The Morgan fingerprint density at radius 1 is 1.57 bits per heavy atom. The summed E-state index contributed by atoms with van der Waals surface area (Å²) in [7, 11) is 0. The molecule has 0 radical (unpaired) electrons. The normalized spacial score (nSPS) is 16.9. The van der Waals surface area contributed by atoms with Crippen molar-refractivity contribution in [3.8, 4) is 0 Å². The van der Waals surface area contributed by atoms with Crippen LogP contribution in [0, 0.1) is 5.92 Å². The first-order valence-electron chi connectivity index (χ1n) is 4.22. The number of hydrogen-bond acceptors (Lipinski definition) is 4. The number of rotatable bonds is 5. The van der Waals surface area contributed by atoms with Crippen molar-refractivity contribution in [2.45, 2.75) is 26.0 Å². The van der Waals surface area contributed by atoms with Gasteiger partial charge in [-0.15, -0.1) is 0 Å². The van der Waals surface area contributed by atoms with E-state index in [0.29, 0.717) is 0 Å². The van der Waals surface area contributed by atoms with Crippen molar-refractivity contribution in [3.63, 3.8) is 0 Å². The second kappa shape index (κ2) is 4.92. The van der Waals surface area contributed by atoms with E-state index in [1.165, 1.54) is 13.8 Å². The second-order valence-electron chi connectivity index (χ2n) is 3.30. The molecule has 0 saturated carbocycles. The Kier molecular flexibility index (Phi) is 4.52. The SMILES string of the molecule is CC(=O)NC(C)(O)C(CCO)C(N)=O. The molecule has 6 nitrogen and oxygen atoms in total. The van der Waals surface area contributed by atoms with Gasteiger partial charge in [0.15, 0.2) is 0 Å². The van der Waals surface area contributed by atoms with Crippen molar-refractivity contribution < 1.29 is 19.8 Å². The smallest absolute Gasteiger partial charge is 0.225 e. The van der Waals surface area contributed by atoms with Crippen molar-refractivity contribution in [3.05, 3.63) is 0 Å².